The van der Waals surface area contributed by atoms with Crippen LogP contribution < -0.4 is 0 Å². The maximum Gasteiger partial charge on any atom is 0.339 e. The predicted molar refractivity (Wildman–Crippen MR) is 546 cm³/mol. The fraction of sp³-hybridized carbons (Fsp3) is 0.496. The molecule has 0 radical (unpaired) electrons. The number of hydrogen-bond donors (Lipinski definition) is 1. The molecule has 13 rings (SSSR count). The van der Waals surface area contributed by atoms with E-state index in [4.69, 9.17) is 47.8 Å². The Kier molecular flexibility index (Phi) is 37.8. The van der Waals surface area contributed by atoms with E-state index in [1.165, 1.54) is 32.4 Å². The van der Waals surface area contributed by atoms with Crippen molar-refractivity contribution < 1.29 is 86.4 Å². The van der Waals surface area contributed by atoms with Crippen molar-refractivity contribution in [1.29, 1.82) is 0 Å². The number of esters is 6. The molecule has 0 aromatic heterocycles. The van der Waals surface area contributed by atoms with Crippen molar-refractivity contribution >= 4 is 52.6 Å². The number of fused-ring (bicyclic) bond motifs is 1. The van der Waals surface area contributed by atoms with Gasteiger partial charge in [0.1, 0.15) is 48.8 Å². The summed E-state index contributed by atoms with van der Waals surface area (Å²) in [4.78, 5) is 115. The molecule has 20 atom stereocenters. The highest BCUT2D eigenvalue weighted by atomic mass is 16.7. The molecule has 9 aromatic carbocycles. The Hall–Kier alpha value is -10.8. The average Bonchev–Trinajstić information content (AvgIpc) is 0.748. The van der Waals surface area contributed by atoms with Gasteiger partial charge in [-0.15, -0.1) is 0 Å². The number of aromatic carboxylic acids is 1. The van der Waals surface area contributed by atoms with Gasteiger partial charge in [-0.05, 0) is 228 Å². The Labute approximate surface area is 826 Å². The second-order valence-electron chi connectivity index (χ2n) is 40.3. The lowest BCUT2D eigenvalue weighted by Crippen LogP contribution is -2.68. The molecule has 0 aliphatic carbocycles. The molecular formula is C117H154N4O18. The van der Waals surface area contributed by atoms with Gasteiger partial charge in [-0.25, -0.2) is 33.6 Å². The lowest BCUT2D eigenvalue weighted by molar-refractivity contribution is -0.335. The van der Waals surface area contributed by atoms with Crippen LogP contribution in [0, 0.1) is 23.7 Å². The van der Waals surface area contributed by atoms with Crippen LogP contribution in [-0.2, 0) is 47.8 Å². The van der Waals surface area contributed by atoms with E-state index in [2.05, 4.69) is 247 Å². The molecule has 0 spiro atoms. The van der Waals surface area contributed by atoms with Gasteiger partial charge in [0.2, 0.25) is 0 Å². The molecular weight excluding hydrogens is 1750 g/mol. The average molecular weight is 1900 g/mol. The van der Waals surface area contributed by atoms with Crippen LogP contribution in [0.15, 0.2) is 237 Å². The molecule has 1 N–H and O–H groups in total. The normalized spacial score (nSPS) is 28.0. The molecule has 4 aliphatic heterocycles. The predicted octanol–water partition coefficient (Wildman–Crippen LogP) is 26.8. The topological polar surface area (TPSA) is 245 Å². The first kappa shape index (κ1) is 110. The number of hydrogen-bond acceptors (Lipinski definition) is 21. The minimum atomic E-state index is -1.14. The lowest BCUT2D eigenvalue weighted by atomic mass is 9.69. The van der Waals surface area contributed by atoms with E-state index in [1.807, 2.05) is 103 Å². The number of piperidine rings is 4. The van der Waals surface area contributed by atoms with Crippen molar-refractivity contribution in [3.05, 3.63) is 298 Å². The van der Waals surface area contributed by atoms with Crippen molar-refractivity contribution in [2.24, 2.45) is 23.7 Å². The van der Waals surface area contributed by atoms with Gasteiger partial charge in [-0.1, -0.05) is 259 Å². The Bertz CT molecular complexity index is 5550. The summed E-state index contributed by atoms with van der Waals surface area (Å²) in [6.45, 7) is 51.7. The zero-order valence-electron chi connectivity index (χ0n) is 87.1. The van der Waals surface area contributed by atoms with Crippen LogP contribution in [0.5, 0.6) is 0 Å². The minimum Gasteiger partial charge on any atom is -0.478 e. The maximum atomic E-state index is 13.4. The minimum absolute atomic E-state index is 0.0165. The molecule has 0 amide bonds. The van der Waals surface area contributed by atoms with Gasteiger partial charge >= 0.3 is 41.8 Å². The summed E-state index contributed by atoms with van der Waals surface area (Å²) in [7, 11) is 2.65. The van der Waals surface area contributed by atoms with Gasteiger partial charge in [-0.2, -0.15) is 20.3 Å². The first-order chi connectivity index (χ1) is 66.0. The zero-order chi connectivity index (χ0) is 102. The molecule has 9 aromatic rings. The van der Waals surface area contributed by atoms with Gasteiger partial charge in [0.15, 0.2) is 0 Å². The third kappa shape index (κ3) is 24.5. The number of hydroxylamine groups is 8. The summed E-state index contributed by atoms with van der Waals surface area (Å²) >= 11 is 0. The molecule has 4 saturated heterocycles. The molecule has 139 heavy (non-hydrogen) atoms. The van der Waals surface area contributed by atoms with Gasteiger partial charge in [0.25, 0.3) is 0 Å². The third-order valence-electron chi connectivity index (χ3n) is 32.1. The molecule has 4 heterocycles. The Balaban J connectivity index is 0.000000191. The summed E-state index contributed by atoms with van der Waals surface area (Å²) in [5.41, 5.74) is 3.94. The van der Waals surface area contributed by atoms with Gasteiger partial charge in [0.05, 0.1) is 53.2 Å². The van der Waals surface area contributed by atoms with E-state index in [-0.39, 0.29) is 134 Å². The number of carbonyl (C=O) groups excluding carboxylic acids is 6. The second kappa shape index (κ2) is 47.7. The van der Waals surface area contributed by atoms with E-state index in [1.54, 1.807) is 54.6 Å². The molecule has 22 heteroatoms. The largest absolute Gasteiger partial charge is 0.478 e. The van der Waals surface area contributed by atoms with E-state index in [0.717, 1.165) is 90.8 Å². The molecule has 0 bridgehead atoms. The van der Waals surface area contributed by atoms with Crippen molar-refractivity contribution in [2.45, 2.75) is 336 Å². The SMILES string of the molecule is CCC1(C)CC(OC(=O)c2ccc(C(=O)OC)cc2)C(C)C(C)(CC)N1OC(C)c1ccccc1.CCC1(C)CC(OC(=O)c2cccc(C(=O)OC)c2)C(C)C(C)(CC)N1OC(C)c1ccccc1.CCC1(C)CC(OC(=O)c2cccc3ccccc23)C(C)C(C)(CC)N1OC(C)c1ccccc1.CCC1(C)CC(OC(=O)c2ccccc2C(=O)O)C(C)C(C)(CC)N1OC(C)c1ccccc1. The van der Waals surface area contributed by atoms with Crippen LogP contribution >= 0.6 is 0 Å². The van der Waals surface area contributed by atoms with Crippen LogP contribution in [0.1, 0.15) is 362 Å². The second-order valence-corrected chi connectivity index (χ2v) is 40.3. The van der Waals surface area contributed by atoms with Gasteiger partial charge < -0.3 is 33.5 Å². The highest BCUT2D eigenvalue weighted by Crippen LogP contribution is 2.54. The van der Waals surface area contributed by atoms with Gasteiger partial charge in [0, 0.05) is 93.7 Å². The number of rotatable bonds is 31. The van der Waals surface area contributed by atoms with Crippen molar-refractivity contribution in [2.75, 3.05) is 14.2 Å². The Morgan fingerprint density at radius 2 is 0.540 bits per heavy atom. The summed E-state index contributed by atoms with van der Waals surface area (Å²) < 4.78 is 34.1. The first-order valence-electron chi connectivity index (χ1n) is 50.1. The number of methoxy groups -OCH3 is 2. The summed E-state index contributed by atoms with van der Waals surface area (Å²) in [5.74, 6) is -3.63. The van der Waals surface area contributed by atoms with Crippen molar-refractivity contribution in [3.63, 3.8) is 0 Å². The van der Waals surface area contributed by atoms with E-state index >= 15 is 0 Å². The quantitative estimate of drug-likeness (QED) is 0.0313. The number of benzene rings is 9. The van der Waals surface area contributed by atoms with Crippen LogP contribution in [0.3, 0.4) is 0 Å². The molecule has 20 unspecified atom stereocenters. The first-order valence-corrected chi connectivity index (χ1v) is 50.1. The zero-order valence-corrected chi connectivity index (χ0v) is 87.1. The van der Waals surface area contributed by atoms with E-state index < -0.39 is 35.4 Å². The standard InChI is InChI=1S/C31H39NO3.2C29H39NO5.C28H37NO5/c1-7-30(5)21-28(34-29(33)27-20-14-18-25-17-12-13-19-26(25)27)22(3)31(6,8-2)32(30)35-23(4)24-15-10-9-11-16-24;1-8-28(5)19-25(34-27(32)24-17-13-16-23(18-24)26(31)33-7)20(3)29(6,9-2)30(28)35-21(4)22-14-11-10-12-15-22;1-8-28(5)19-25(34-27(32)24-17-15-23(16-18-24)26(31)33-7)20(3)29(6,9-2)30(28)35-21(4)22-13-11-10-12-14-22;1-7-27(5)18-24(33-26(32)23-17-13-12-16-22(23)25(30)31)19(3)28(6,8-2)29(27)34-20(4)21-14-10-9-11-15-21/h9-20,22-23,28H,7-8,21H2,1-6H3;2*10-18,20-21,25H,8-9,19H2,1-7H3;9-17,19-20,24H,7-8,18H2,1-6H3,(H,30,31). The number of carbonyl (C=O) groups is 7. The third-order valence-corrected chi connectivity index (χ3v) is 32.1. The number of nitrogens with zero attached hydrogens (tertiary/aromatic N) is 4. The van der Waals surface area contributed by atoms with Crippen LogP contribution in [0.4, 0.5) is 0 Å². The Morgan fingerprint density at radius 3 is 0.849 bits per heavy atom. The number of carboxylic acids is 1. The smallest absolute Gasteiger partial charge is 0.339 e. The van der Waals surface area contributed by atoms with Crippen molar-refractivity contribution in [3.8, 4) is 0 Å². The molecule has 4 fully saturated rings. The maximum absolute atomic E-state index is 13.4. The van der Waals surface area contributed by atoms with Crippen LogP contribution in [-0.4, -0.2) is 150 Å². The number of carboxylic acid groups (broad SMARTS) is 1. The van der Waals surface area contributed by atoms with Crippen LogP contribution in [0.2, 0.25) is 0 Å². The lowest BCUT2D eigenvalue weighted by Gasteiger charge is -2.59. The van der Waals surface area contributed by atoms with E-state index in [0.29, 0.717) is 47.1 Å². The Morgan fingerprint density at radius 1 is 0.295 bits per heavy atom. The summed E-state index contributed by atoms with van der Waals surface area (Å²) in [6.07, 6.45) is 7.75. The monoisotopic (exact) mass is 1900 g/mol. The van der Waals surface area contributed by atoms with Crippen LogP contribution in [0.25, 0.3) is 10.8 Å². The fourth-order valence-corrected chi connectivity index (χ4v) is 20.7. The number of ether oxygens (including phenoxy) is 6. The van der Waals surface area contributed by atoms with Crippen molar-refractivity contribution in [1.82, 2.24) is 20.3 Å². The highest BCUT2D eigenvalue weighted by Gasteiger charge is 2.60. The molecule has 4 aliphatic rings. The molecule has 22 nitrogen and oxygen atoms in total. The summed E-state index contributed by atoms with van der Waals surface area (Å²) in [5, 5.41) is 20.2. The van der Waals surface area contributed by atoms with Gasteiger partial charge in [-0.3, -0.25) is 19.4 Å². The fourth-order valence-electron chi connectivity index (χ4n) is 20.7. The molecule has 750 valence electrons. The summed E-state index contributed by atoms with van der Waals surface area (Å²) in [6, 6.07) is 73.8. The highest BCUT2D eigenvalue weighted by molar-refractivity contribution is 6.05. The molecule has 0 saturated carbocycles. The van der Waals surface area contributed by atoms with E-state index in [9.17, 15) is 38.7 Å².